The highest BCUT2D eigenvalue weighted by molar-refractivity contribution is 6.32. The van der Waals surface area contributed by atoms with E-state index in [0.717, 1.165) is 0 Å². The average Bonchev–Trinajstić information content (AvgIpc) is 3.03. The lowest BCUT2D eigenvalue weighted by atomic mass is 10.2. The molecule has 1 heterocycles. The van der Waals surface area contributed by atoms with E-state index in [4.69, 9.17) is 11.6 Å². The van der Waals surface area contributed by atoms with Gasteiger partial charge < -0.3 is 10.1 Å². The summed E-state index contributed by atoms with van der Waals surface area (Å²) in [6, 6.07) is 13.5. The molecule has 1 aromatic heterocycles. The number of aromatic nitrogens is 3. The minimum Gasteiger partial charge on any atom is -0.465 e. The van der Waals surface area contributed by atoms with Crippen molar-refractivity contribution >= 4 is 29.2 Å². The molecule has 0 atom stereocenters. The zero-order chi connectivity index (χ0) is 18.7. The third kappa shape index (κ3) is 3.43. The van der Waals surface area contributed by atoms with Gasteiger partial charge in [0.15, 0.2) is 5.69 Å². The van der Waals surface area contributed by atoms with Crippen LogP contribution in [-0.2, 0) is 4.74 Å². The lowest BCUT2D eigenvalue weighted by Crippen LogP contribution is -2.14. The Morgan fingerprint density at radius 2 is 1.81 bits per heavy atom. The number of amides is 1. The fourth-order valence-electron chi connectivity index (χ4n) is 2.39. The van der Waals surface area contributed by atoms with Crippen LogP contribution in [-0.4, -0.2) is 34.0 Å². The Bertz CT molecular complexity index is 967. The van der Waals surface area contributed by atoms with Gasteiger partial charge in [-0.2, -0.15) is 0 Å². The summed E-state index contributed by atoms with van der Waals surface area (Å²) in [5.41, 5.74) is 2.30. The number of ether oxygens (including phenoxy) is 1. The number of carbonyl (C=O) groups excluding carboxylic acids is 2. The van der Waals surface area contributed by atoms with Crippen LogP contribution in [0.1, 0.15) is 26.5 Å². The Morgan fingerprint density at radius 1 is 1.12 bits per heavy atom. The molecule has 0 saturated heterocycles. The van der Waals surface area contributed by atoms with Crippen LogP contribution in [0.25, 0.3) is 5.69 Å². The number of anilines is 1. The molecule has 3 aromatic rings. The summed E-state index contributed by atoms with van der Waals surface area (Å²) in [7, 11) is 1.31. The summed E-state index contributed by atoms with van der Waals surface area (Å²) in [5, 5.41) is 11.2. The minimum atomic E-state index is -0.443. The van der Waals surface area contributed by atoms with Gasteiger partial charge in [-0.1, -0.05) is 28.9 Å². The first kappa shape index (κ1) is 17.6. The van der Waals surface area contributed by atoms with Gasteiger partial charge in [-0.25, -0.2) is 9.48 Å². The van der Waals surface area contributed by atoms with Crippen molar-refractivity contribution in [2.24, 2.45) is 0 Å². The molecular formula is C18H15ClN4O3. The van der Waals surface area contributed by atoms with Crippen LogP contribution in [0, 0.1) is 6.92 Å². The second-order valence-corrected chi connectivity index (χ2v) is 5.82. The number of para-hydroxylation sites is 1. The molecule has 2 aromatic carbocycles. The Kier molecular flexibility index (Phi) is 4.99. The minimum absolute atomic E-state index is 0.182. The highest BCUT2D eigenvalue weighted by Crippen LogP contribution is 2.21. The molecule has 0 spiro atoms. The van der Waals surface area contributed by atoms with Crippen molar-refractivity contribution in [3.8, 4) is 5.69 Å². The van der Waals surface area contributed by atoms with Gasteiger partial charge >= 0.3 is 5.97 Å². The van der Waals surface area contributed by atoms with E-state index in [-0.39, 0.29) is 5.69 Å². The summed E-state index contributed by atoms with van der Waals surface area (Å²) < 4.78 is 6.15. The van der Waals surface area contributed by atoms with Crippen LogP contribution >= 0.6 is 11.6 Å². The van der Waals surface area contributed by atoms with E-state index in [2.05, 4.69) is 20.4 Å². The maximum Gasteiger partial charge on any atom is 0.337 e. The summed E-state index contributed by atoms with van der Waals surface area (Å²) in [4.78, 5) is 23.9. The van der Waals surface area contributed by atoms with Crippen LogP contribution in [0.4, 0.5) is 5.69 Å². The molecule has 0 aliphatic rings. The molecule has 0 aliphatic heterocycles. The summed E-state index contributed by atoms with van der Waals surface area (Å²) in [6.07, 6.45) is 0. The number of esters is 1. The largest absolute Gasteiger partial charge is 0.465 e. The van der Waals surface area contributed by atoms with Gasteiger partial charge in [0.25, 0.3) is 5.91 Å². The number of methoxy groups -OCH3 is 1. The normalized spacial score (nSPS) is 10.4. The number of nitrogens with one attached hydrogen (secondary N) is 1. The lowest BCUT2D eigenvalue weighted by Gasteiger charge is -2.07. The van der Waals surface area contributed by atoms with Crippen molar-refractivity contribution in [1.82, 2.24) is 15.0 Å². The molecule has 0 radical (unpaired) electrons. The van der Waals surface area contributed by atoms with Crippen LogP contribution < -0.4 is 5.32 Å². The van der Waals surface area contributed by atoms with Crippen molar-refractivity contribution in [3.05, 3.63) is 70.5 Å². The van der Waals surface area contributed by atoms with Gasteiger partial charge in [0.05, 0.1) is 29.1 Å². The van der Waals surface area contributed by atoms with Crippen LogP contribution in [0.5, 0.6) is 0 Å². The number of hydrogen-bond acceptors (Lipinski definition) is 5. The highest BCUT2D eigenvalue weighted by atomic mass is 35.5. The van der Waals surface area contributed by atoms with E-state index < -0.39 is 11.9 Å². The average molecular weight is 371 g/mol. The molecule has 132 valence electrons. The number of hydrogen-bond donors (Lipinski definition) is 1. The van der Waals surface area contributed by atoms with Crippen LogP contribution in [0.15, 0.2) is 48.5 Å². The molecule has 0 saturated carbocycles. The molecule has 8 heteroatoms. The van der Waals surface area contributed by atoms with Crippen molar-refractivity contribution in [3.63, 3.8) is 0 Å². The number of nitrogens with zero attached hydrogens (tertiary/aromatic N) is 3. The second-order valence-electron chi connectivity index (χ2n) is 5.41. The van der Waals surface area contributed by atoms with E-state index in [0.29, 0.717) is 27.7 Å². The molecule has 26 heavy (non-hydrogen) atoms. The van der Waals surface area contributed by atoms with E-state index in [1.54, 1.807) is 43.3 Å². The molecule has 0 fully saturated rings. The summed E-state index contributed by atoms with van der Waals surface area (Å²) >= 11 is 6.17. The predicted octanol–water partition coefficient (Wildman–Crippen LogP) is 3.27. The third-order valence-electron chi connectivity index (χ3n) is 3.75. The van der Waals surface area contributed by atoms with Gasteiger partial charge in [-0.15, -0.1) is 5.10 Å². The zero-order valence-corrected chi connectivity index (χ0v) is 14.8. The SMILES string of the molecule is COC(=O)c1ccc(NC(=O)c2nnn(-c3ccccc3Cl)c2C)cc1. The summed E-state index contributed by atoms with van der Waals surface area (Å²) in [6.45, 7) is 1.73. The van der Waals surface area contributed by atoms with E-state index in [1.807, 2.05) is 12.1 Å². The second kappa shape index (κ2) is 7.37. The van der Waals surface area contributed by atoms with Crippen LogP contribution in [0.3, 0.4) is 0 Å². The lowest BCUT2D eigenvalue weighted by molar-refractivity contribution is 0.0600. The van der Waals surface area contributed by atoms with Gasteiger partial charge in [-0.3, -0.25) is 4.79 Å². The van der Waals surface area contributed by atoms with Gasteiger partial charge in [0, 0.05) is 5.69 Å². The summed E-state index contributed by atoms with van der Waals surface area (Å²) in [5.74, 6) is -0.854. The molecule has 0 bridgehead atoms. The number of carbonyl (C=O) groups is 2. The predicted molar refractivity (Wildman–Crippen MR) is 96.8 cm³/mol. The standard InChI is InChI=1S/C18H15ClN4O3/c1-11-16(21-22-23(11)15-6-4-3-5-14(15)19)17(24)20-13-9-7-12(8-10-13)18(25)26-2/h3-10H,1-2H3,(H,20,24). The monoisotopic (exact) mass is 370 g/mol. The highest BCUT2D eigenvalue weighted by Gasteiger charge is 2.18. The molecule has 3 rings (SSSR count). The quantitative estimate of drug-likeness (QED) is 0.712. The first-order chi connectivity index (χ1) is 12.5. The third-order valence-corrected chi connectivity index (χ3v) is 4.07. The maximum atomic E-state index is 12.5. The van der Waals surface area contributed by atoms with E-state index in [9.17, 15) is 9.59 Å². The fourth-order valence-corrected chi connectivity index (χ4v) is 2.60. The fraction of sp³-hybridized carbons (Fsp3) is 0.111. The topological polar surface area (TPSA) is 86.1 Å². The molecule has 0 unspecified atom stereocenters. The van der Waals surface area contributed by atoms with Crippen molar-refractivity contribution in [2.45, 2.75) is 6.92 Å². The Morgan fingerprint density at radius 3 is 2.46 bits per heavy atom. The Labute approximate surface area is 154 Å². The Hall–Kier alpha value is -3.19. The number of benzene rings is 2. The van der Waals surface area contributed by atoms with E-state index >= 15 is 0 Å². The zero-order valence-electron chi connectivity index (χ0n) is 14.1. The van der Waals surface area contributed by atoms with Gasteiger partial charge in [0.2, 0.25) is 0 Å². The van der Waals surface area contributed by atoms with Gasteiger partial charge in [0.1, 0.15) is 0 Å². The van der Waals surface area contributed by atoms with Crippen LogP contribution in [0.2, 0.25) is 5.02 Å². The number of rotatable bonds is 4. The van der Waals surface area contributed by atoms with Crippen molar-refractivity contribution < 1.29 is 14.3 Å². The van der Waals surface area contributed by atoms with E-state index in [1.165, 1.54) is 11.8 Å². The van der Waals surface area contributed by atoms with Crippen molar-refractivity contribution in [1.29, 1.82) is 0 Å². The molecule has 1 amide bonds. The molecule has 1 N–H and O–H groups in total. The molecule has 0 aliphatic carbocycles. The smallest absolute Gasteiger partial charge is 0.337 e. The first-order valence-electron chi connectivity index (χ1n) is 7.68. The molecule has 7 nitrogen and oxygen atoms in total. The molecular weight excluding hydrogens is 356 g/mol. The maximum absolute atomic E-state index is 12.5. The first-order valence-corrected chi connectivity index (χ1v) is 8.06. The Balaban J connectivity index is 1.81. The number of halogens is 1. The van der Waals surface area contributed by atoms with Crippen molar-refractivity contribution in [2.75, 3.05) is 12.4 Å². The van der Waals surface area contributed by atoms with Gasteiger partial charge in [-0.05, 0) is 43.3 Å².